The van der Waals surface area contributed by atoms with Gasteiger partial charge in [-0.3, -0.25) is 4.68 Å². The third kappa shape index (κ3) is 4.73. The first-order valence-electron chi connectivity index (χ1n) is 7.56. The van der Waals surface area contributed by atoms with Gasteiger partial charge in [0.05, 0.1) is 12.7 Å². The molecule has 0 radical (unpaired) electrons. The average Bonchev–Trinajstić information content (AvgIpc) is 2.85. The molecule has 2 N–H and O–H groups in total. The molecule has 0 atom stereocenters. The van der Waals surface area contributed by atoms with E-state index in [4.69, 9.17) is 0 Å². The zero-order valence-corrected chi connectivity index (χ0v) is 13.1. The van der Waals surface area contributed by atoms with Gasteiger partial charge in [-0.25, -0.2) is 9.97 Å². The summed E-state index contributed by atoms with van der Waals surface area (Å²) in [7, 11) is 0. The minimum Gasteiger partial charge on any atom is -0.370 e. The summed E-state index contributed by atoms with van der Waals surface area (Å²) in [5.74, 6) is 2.63. The summed E-state index contributed by atoms with van der Waals surface area (Å²) >= 11 is 0. The van der Waals surface area contributed by atoms with Crippen molar-refractivity contribution in [3.63, 3.8) is 0 Å². The Morgan fingerprint density at radius 1 is 1.14 bits per heavy atom. The number of nitrogens with one attached hydrogen (secondary N) is 2. The smallest absolute Gasteiger partial charge is 0.133 e. The Morgan fingerprint density at radius 2 is 1.90 bits per heavy atom. The molecule has 2 rings (SSSR count). The van der Waals surface area contributed by atoms with Gasteiger partial charge in [-0.15, -0.1) is 0 Å². The van der Waals surface area contributed by atoms with Crippen molar-refractivity contribution in [2.45, 2.75) is 40.2 Å². The summed E-state index contributed by atoms with van der Waals surface area (Å²) in [5, 5.41) is 10.9. The number of hydrogen-bond donors (Lipinski definition) is 2. The van der Waals surface area contributed by atoms with Crippen molar-refractivity contribution < 1.29 is 0 Å². The lowest BCUT2D eigenvalue weighted by Crippen LogP contribution is -2.13. The molecule has 2 heterocycles. The van der Waals surface area contributed by atoms with Crippen LogP contribution in [-0.4, -0.2) is 32.8 Å². The molecule has 6 heteroatoms. The molecule has 0 fully saturated rings. The number of hydrogen-bond acceptors (Lipinski definition) is 5. The van der Waals surface area contributed by atoms with E-state index in [-0.39, 0.29) is 0 Å². The standard InChI is InChI=1S/C15H24N6/c1-4-6-13-19-14(16-5-2)9-15(20-13)17-7-8-21-11-12(3)10-18-21/h9-11H,4-8H2,1-3H3,(H2,16,17,19,20). The molecular formula is C15H24N6. The highest BCUT2D eigenvalue weighted by Crippen LogP contribution is 2.12. The third-order valence-corrected chi connectivity index (χ3v) is 3.01. The molecule has 6 nitrogen and oxygen atoms in total. The summed E-state index contributed by atoms with van der Waals surface area (Å²) in [5.41, 5.74) is 1.18. The predicted molar refractivity (Wildman–Crippen MR) is 85.6 cm³/mol. The lowest BCUT2D eigenvalue weighted by Gasteiger charge is -2.10. The van der Waals surface area contributed by atoms with Crippen LogP contribution in [0.1, 0.15) is 31.7 Å². The Labute approximate surface area is 126 Å². The fourth-order valence-corrected chi connectivity index (χ4v) is 2.08. The van der Waals surface area contributed by atoms with Gasteiger partial charge < -0.3 is 10.6 Å². The van der Waals surface area contributed by atoms with Crippen molar-refractivity contribution in [1.29, 1.82) is 0 Å². The second-order valence-corrected chi connectivity index (χ2v) is 5.04. The van der Waals surface area contributed by atoms with Crippen LogP contribution in [-0.2, 0) is 13.0 Å². The molecule has 2 aromatic rings. The Hall–Kier alpha value is -2.11. The molecule has 2 aromatic heterocycles. The molecule has 0 aliphatic rings. The van der Waals surface area contributed by atoms with Crippen LogP contribution < -0.4 is 10.6 Å². The first-order chi connectivity index (χ1) is 10.2. The number of anilines is 2. The van der Waals surface area contributed by atoms with Crippen LogP contribution in [0.3, 0.4) is 0 Å². The molecule has 0 saturated carbocycles. The number of aromatic nitrogens is 4. The van der Waals surface area contributed by atoms with Crippen LogP contribution in [0.15, 0.2) is 18.5 Å². The van der Waals surface area contributed by atoms with E-state index < -0.39 is 0 Å². The Balaban J connectivity index is 1.97. The first-order valence-corrected chi connectivity index (χ1v) is 7.56. The van der Waals surface area contributed by atoms with Gasteiger partial charge >= 0.3 is 0 Å². The SMILES string of the molecule is CCCc1nc(NCC)cc(NCCn2cc(C)cn2)n1. The maximum Gasteiger partial charge on any atom is 0.133 e. The Bertz CT molecular complexity index is 539. The van der Waals surface area contributed by atoms with Gasteiger partial charge in [-0.05, 0) is 25.8 Å². The van der Waals surface area contributed by atoms with Gasteiger partial charge in [0.15, 0.2) is 0 Å². The van der Waals surface area contributed by atoms with Crippen molar-refractivity contribution in [2.24, 2.45) is 0 Å². The van der Waals surface area contributed by atoms with Crippen molar-refractivity contribution >= 4 is 11.6 Å². The molecule has 0 aliphatic carbocycles. The van der Waals surface area contributed by atoms with Crippen molar-refractivity contribution in [3.05, 3.63) is 29.8 Å². The van der Waals surface area contributed by atoms with E-state index in [1.54, 1.807) is 0 Å². The van der Waals surface area contributed by atoms with E-state index in [1.807, 2.05) is 30.1 Å². The Morgan fingerprint density at radius 3 is 2.52 bits per heavy atom. The molecule has 114 valence electrons. The topological polar surface area (TPSA) is 67.7 Å². The van der Waals surface area contributed by atoms with Gasteiger partial charge in [0, 0.05) is 31.8 Å². The third-order valence-electron chi connectivity index (χ3n) is 3.01. The second kappa shape index (κ2) is 7.61. The minimum absolute atomic E-state index is 0.787. The fourth-order valence-electron chi connectivity index (χ4n) is 2.08. The maximum atomic E-state index is 4.55. The zero-order chi connectivity index (χ0) is 15.1. The molecule has 0 bridgehead atoms. The first kappa shape index (κ1) is 15.3. The van der Waals surface area contributed by atoms with Gasteiger partial charge in [0.25, 0.3) is 0 Å². The molecule has 0 aromatic carbocycles. The summed E-state index contributed by atoms with van der Waals surface area (Å²) in [4.78, 5) is 9.05. The molecule has 0 saturated heterocycles. The van der Waals surface area contributed by atoms with E-state index in [0.717, 1.165) is 49.9 Å². The van der Waals surface area contributed by atoms with E-state index in [2.05, 4.69) is 39.5 Å². The maximum absolute atomic E-state index is 4.55. The summed E-state index contributed by atoms with van der Waals surface area (Å²) in [6, 6.07) is 1.96. The van der Waals surface area contributed by atoms with Gasteiger partial charge in [-0.1, -0.05) is 6.92 Å². The number of rotatable bonds is 8. The highest BCUT2D eigenvalue weighted by atomic mass is 15.3. The predicted octanol–water partition coefficient (Wildman–Crippen LogP) is 2.48. The minimum atomic E-state index is 0.787. The van der Waals surface area contributed by atoms with Crippen molar-refractivity contribution in [1.82, 2.24) is 19.7 Å². The molecule has 21 heavy (non-hydrogen) atoms. The Kier molecular flexibility index (Phi) is 5.54. The van der Waals surface area contributed by atoms with Crippen molar-refractivity contribution in [2.75, 3.05) is 23.7 Å². The van der Waals surface area contributed by atoms with Crippen LogP contribution >= 0.6 is 0 Å². The van der Waals surface area contributed by atoms with E-state index >= 15 is 0 Å². The average molecular weight is 288 g/mol. The fraction of sp³-hybridized carbons (Fsp3) is 0.533. The summed E-state index contributed by atoms with van der Waals surface area (Å²) in [6.45, 7) is 8.70. The molecule has 0 spiro atoms. The highest BCUT2D eigenvalue weighted by molar-refractivity contribution is 5.47. The molecule has 0 aliphatic heterocycles. The second-order valence-electron chi connectivity index (χ2n) is 5.04. The number of aryl methyl sites for hydroxylation is 2. The van der Waals surface area contributed by atoms with Gasteiger partial charge in [0.1, 0.15) is 17.5 Å². The van der Waals surface area contributed by atoms with Crippen LogP contribution in [0.25, 0.3) is 0 Å². The van der Waals surface area contributed by atoms with E-state index in [0.29, 0.717) is 0 Å². The van der Waals surface area contributed by atoms with Gasteiger partial charge in [0.2, 0.25) is 0 Å². The number of nitrogens with zero attached hydrogens (tertiary/aromatic N) is 4. The van der Waals surface area contributed by atoms with Crippen molar-refractivity contribution in [3.8, 4) is 0 Å². The lowest BCUT2D eigenvalue weighted by molar-refractivity contribution is 0.636. The zero-order valence-electron chi connectivity index (χ0n) is 13.1. The quantitative estimate of drug-likeness (QED) is 0.781. The van der Waals surface area contributed by atoms with Gasteiger partial charge in [-0.2, -0.15) is 5.10 Å². The van der Waals surface area contributed by atoms with Crippen LogP contribution in [0.4, 0.5) is 11.6 Å². The van der Waals surface area contributed by atoms with Crippen LogP contribution in [0.2, 0.25) is 0 Å². The van der Waals surface area contributed by atoms with Crippen LogP contribution in [0, 0.1) is 6.92 Å². The van der Waals surface area contributed by atoms with E-state index in [1.165, 1.54) is 5.56 Å². The molecular weight excluding hydrogens is 264 g/mol. The molecule has 0 amide bonds. The summed E-state index contributed by atoms with van der Waals surface area (Å²) < 4.78 is 1.93. The molecule has 0 unspecified atom stereocenters. The normalized spacial score (nSPS) is 10.6. The highest BCUT2D eigenvalue weighted by Gasteiger charge is 2.04. The lowest BCUT2D eigenvalue weighted by atomic mass is 10.3. The van der Waals surface area contributed by atoms with E-state index in [9.17, 15) is 0 Å². The summed E-state index contributed by atoms with van der Waals surface area (Å²) in [6.07, 6.45) is 5.84. The van der Waals surface area contributed by atoms with Crippen LogP contribution in [0.5, 0.6) is 0 Å². The largest absolute Gasteiger partial charge is 0.370 e. The monoisotopic (exact) mass is 288 g/mol.